The molecule has 0 aliphatic carbocycles. The van der Waals surface area contributed by atoms with Gasteiger partial charge in [-0.3, -0.25) is 0 Å². The topological polar surface area (TPSA) is 46.3 Å². The van der Waals surface area contributed by atoms with Gasteiger partial charge >= 0.3 is 0 Å². The number of halogens is 1. The quantitative estimate of drug-likeness (QED) is 0.833. The molecule has 0 saturated carbocycles. The zero-order valence-electron chi connectivity index (χ0n) is 6.57. The molecular formula is C9H6BrNO2. The van der Waals surface area contributed by atoms with Gasteiger partial charge in [0.1, 0.15) is 17.7 Å². The minimum absolute atomic E-state index is 0.195. The van der Waals surface area contributed by atoms with E-state index in [0.29, 0.717) is 10.2 Å². The summed E-state index contributed by atoms with van der Waals surface area (Å²) in [5, 5.41) is 9.39. The fourth-order valence-corrected chi connectivity index (χ4v) is 1.27. The van der Waals surface area contributed by atoms with E-state index in [0.717, 1.165) is 5.56 Å². The molecule has 0 amide bonds. The summed E-state index contributed by atoms with van der Waals surface area (Å²) in [7, 11) is 0. The van der Waals surface area contributed by atoms with Gasteiger partial charge < -0.3 is 9.52 Å². The highest BCUT2D eigenvalue weighted by Gasteiger charge is 2.03. The van der Waals surface area contributed by atoms with Gasteiger partial charge in [-0.1, -0.05) is 6.07 Å². The van der Waals surface area contributed by atoms with Crippen LogP contribution >= 0.6 is 15.9 Å². The molecule has 0 radical (unpaired) electrons. The lowest BCUT2D eigenvalue weighted by molar-refractivity contribution is 0.472. The number of rotatable bonds is 1. The molecule has 1 heterocycles. The van der Waals surface area contributed by atoms with E-state index in [2.05, 4.69) is 20.9 Å². The maximum atomic E-state index is 9.39. The smallest absolute Gasteiger partial charge is 0.181 e. The first kappa shape index (κ1) is 8.31. The van der Waals surface area contributed by atoms with Crippen molar-refractivity contribution < 1.29 is 9.52 Å². The largest absolute Gasteiger partial charge is 0.507 e. The van der Waals surface area contributed by atoms with Gasteiger partial charge in [-0.05, 0) is 28.1 Å². The first-order valence-electron chi connectivity index (χ1n) is 3.64. The predicted molar refractivity (Wildman–Crippen MR) is 51.3 cm³/mol. The monoisotopic (exact) mass is 239 g/mol. The lowest BCUT2D eigenvalue weighted by atomic mass is 10.2. The molecule has 13 heavy (non-hydrogen) atoms. The van der Waals surface area contributed by atoms with Crippen molar-refractivity contribution in [3.05, 3.63) is 35.3 Å². The summed E-state index contributed by atoms with van der Waals surface area (Å²) in [6.07, 6.45) is 2.89. The minimum atomic E-state index is 0.195. The number of aromatic hydroxyl groups is 1. The van der Waals surface area contributed by atoms with Crippen LogP contribution in [0.2, 0.25) is 0 Å². The van der Waals surface area contributed by atoms with Crippen molar-refractivity contribution in [3.8, 4) is 17.0 Å². The number of hydrogen-bond donors (Lipinski definition) is 1. The van der Waals surface area contributed by atoms with Gasteiger partial charge in [0.15, 0.2) is 6.39 Å². The molecule has 2 rings (SSSR count). The van der Waals surface area contributed by atoms with Crippen molar-refractivity contribution >= 4 is 15.9 Å². The zero-order chi connectivity index (χ0) is 9.26. The first-order valence-corrected chi connectivity index (χ1v) is 4.44. The maximum Gasteiger partial charge on any atom is 0.181 e. The fourth-order valence-electron chi connectivity index (χ4n) is 1.03. The predicted octanol–water partition coefficient (Wildman–Crippen LogP) is 2.81. The van der Waals surface area contributed by atoms with E-state index < -0.39 is 0 Å². The van der Waals surface area contributed by atoms with Gasteiger partial charge in [-0.15, -0.1) is 0 Å². The molecule has 0 fully saturated rings. The molecule has 1 N–H and O–H groups in total. The summed E-state index contributed by atoms with van der Waals surface area (Å²) < 4.78 is 5.50. The highest BCUT2D eigenvalue weighted by molar-refractivity contribution is 9.10. The Balaban J connectivity index is 2.49. The lowest BCUT2D eigenvalue weighted by Crippen LogP contribution is -1.77. The van der Waals surface area contributed by atoms with Gasteiger partial charge in [0, 0.05) is 5.56 Å². The van der Waals surface area contributed by atoms with Crippen molar-refractivity contribution in [2.24, 2.45) is 0 Å². The van der Waals surface area contributed by atoms with Crippen LogP contribution in [0.5, 0.6) is 5.75 Å². The van der Waals surface area contributed by atoms with E-state index in [1.54, 1.807) is 12.1 Å². The molecule has 0 bridgehead atoms. The molecule has 0 aliphatic heterocycles. The maximum absolute atomic E-state index is 9.39. The highest BCUT2D eigenvalue weighted by Crippen LogP contribution is 2.28. The molecule has 3 nitrogen and oxygen atoms in total. The van der Waals surface area contributed by atoms with Crippen LogP contribution < -0.4 is 0 Å². The zero-order valence-corrected chi connectivity index (χ0v) is 8.15. The molecule has 1 aromatic carbocycles. The van der Waals surface area contributed by atoms with Gasteiger partial charge in [0.2, 0.25) is 0 Å². The number of aromatic nitrogens is 1. The number of nitrogens with zero attached hydrogens (tertiary/aromatic N) is 1. The number of phenols is 1. The van der Waals surface area contributed by atoms with Crippen LogP contribution in [0.1, 0.15) is 0 Å². The Morgan fingerprint density at radius 3 is 2.85 bits per heavy atom. The van der Waals surface area contributed by atoms with Gasteiger partial charge in [0.25, 0.3) is 0 Å². The molecular weight excluding hydrogens is 234 g/mol. The third-order valence-corrected chi connectivity index (χ3v) is 2.34. The Labute approximate surface area is 83.2 Å². The second-order valence-electron chi connectivity index (χ2n) is 2.54. The number of phenolic OH excluding ortho intramolecular Hbond substituents is 1. The average molecular weight is 240 g/mol. The molecule has 66 valence electrons. The molecule has 0 saturated heterocycles. The number of benzene rings is 1. The average Bonchev–Trinajstić information content (AvgIpc) is 2.62. The standard InChI is InChI=1S/C9H6BrNO2/c10-7-2-1-6(3-9(7)12)8-4-13-5-11-8/h1-5,12H. The van der Waals surface area contributed by atoms with E-state index in [9.17, 15) is 5.11 Å². The Kier molecular flexibility index (Phi) is 2.06. The first-order chi connectivity index (χ1) is 6.27. The number of oxazole rings is 1. The highest BCUT2D eigenvalue weighted by atomic mass is 79.9. The molecule has 1 aromatic heterocycles. The van der Waals surface area contributed by atoms with Gasteiger partial charge in [-0.2, -0.15) is 0 Å². The molecule has 0 atom stereocenters. The van der Waals surface area contributed by atoms with Crippen LogP contribution in [-0.2, 0) is 0 Å². The van der Waals surface area contributed by atoms with Gasteiger partial charge in [0.05, 0.1) is 4.47 Å². The summed E-state index contributed by atoms with van der Waals surface area (Å²) in [6, 6.07) is 5.24. The van der Waals surface area contributed by atoms with Crippen molar-refractivity contribution in [1.82, 2.24) is 4.98 Å². The van der Waals surface area contributed by atoms with Gasteiger partial charge in [-0.25, -0.2) is 4.98 Å². The molecule has 4 heteroatoms. The Morgan fingerprint density at radius 1 is 1.38 bits per heavy atom. The van der Waals surface area contributed by atoms with Crippen molar-refractivity contribution in [3.63, 3.8) is 0 Å². The minimum Gasteiger partial charge on any atom is -0.507 e. The number of hydrogen-bond acceptors (Lipinski definition) is 3. The van der Waals surface area contributed by atoms with Crippen molar-refractivity contribution in [2.45, 2.75) is 0 Å². The summed E-state index contributed by atoms with van der Waals surface area (Å²) >= 11 is 3.20. The summed E-state index contributed by atoms with van der Waals surface area (Å²) in [5.41, 5.74) is 1.54. The second kappa shape index (κ2) is 3.22. The van der Waals surface area contributed by atoms with E-state index >= 15 is 0 Å². The van der Waals surface area contributed by atoms with Crippen molar-refractivity contribution in [1.29, 1.82) is 0 Å². The lowest BCUT2D eigenvalue weighted by Gasteiger charge is -1.98. The molecule has 0 unspecified atom stereocenters. The molecule has 0 spiro atoms. The summed E-state index contributed by atoms with van der Waals surface area (Å²) in [6.45, 7) is 0. The normalized spacial score (nSPS) is 10.2. The Hall–Kier alpha value is -1.29. The molecule has 0 aliphatic rings. The second-order valence-corrected chi connectivity index (χ2v) is 3.39. The van der Waals surface area contributed by atoms with E-state index in [-0.39, 0.29) is 5.75 Å². The van der Waals surface area contributed by atoms with Crippen LogP contribution in [0.4, 0.5) is 0 Å². The third-order valence-electron chi connectivity index (χ3n) is 1.67. The summed E-state index contributed by atoms with van der Waals surface area (Å²) in [5.74, 6) is 0.195. The Morgan fingerprint density at radius 2 is 2.23 bits per heavy atom. The SMILES string of the molecule is Oc1cc(-c2cocn2)ccc1Br. The Bertz CT molecular complexity index is 412. The van der Waals surface area contributed by atoms with Crippen LogP contribution in [-0.4, -0.2) is 10.1 Å². The van der Waals surface area contributed by atoms with Crippen molar-refractivity contribution in [2.75, 3.05) is 0 Å². The fraction of sp³-hybridized carbons (Fsp3) is 0. The van der Waals surface area contributed by atoms with Crippen LogP contribution in [0.25, 0.3) is 11.3 Å². The van der Waals surface area contributed by atoms with E-state index in [4.69, 9.17) is 4.42 Å². The van der Waals surface area contributed by atoms with Crippen LogP contribution in [0.15, 0.2) is 39.7 Å². The molecule has 2 aromatic rings. The summed E-state index contributed by atoms with van der Waals surface area (Å²) in [4.78, 5) is 3.96. The third kappa shape index (κ3) is 1.58. The van der Waals surface area contributed by atoms with E-state index in [1.165, 1.54) is 12.7 Å². The van der Waals surface area contributed by atoms with E-state index in [1.807, 2.05) is 6.07 Å². The van der Waals surface area contributed by atoms with Crippen LogP contribution in [0.3, 0.4) is 0 Å². The van der Waals surface area contributed by atoms with Crippen LogP contribution in [0, 0.1) is 0 Å².